The van der Waals surface area contributed by atoms with Crippen molar-refractivity contribution in [3.8, 4) is 5.75 Å². The van der Waals surface area contributed by atoms with Crippen molar-refractivity contribution in [2.45, 2.75) is 87.3 Å². The van der Waals surface area contributed by atoms with Crippen molar-refractivity contribution in [1.82, 2.24) is 8.61 Å². The number of hydrogen-bond acceptors (Lipinski definition) is 7. The molecule has 0 saturated carbocycles. The molecule has 12 heteroatoms. The summed E-state index contributed by atoms with van der Waals surface area (Å²) >= 11 is 0. The van der Waals surface area contributed by atoms with Crippen molar-refractivity contribution >= 4 is 26.0 Å². The average Bonchev–Trinajstić information content (AvgIpc) is 3.18. The fraction of sp³-hybridized carbons (Fsp3) is 0.400. The van der Waals surface area contributed by atoms with E-state index in [1.807, 2.05) is 79.7 Å². The van der Waals surface area contributed by atoms with Gasteiger partial charge in [-0.1, -0.05) is 106 Å². The van der Waals surface area contributed by atoms with Crippen LogP contribution in [0.3, 0.4) is 0 Å². The van der Waals surface area contributed by atoms with Crippen LogP contribution in [-0.4, -0.2) is 69.4 Å². The fourth-order valence-corrected chi connectivity index (χ4v) is 10.8. The molecule has 4 aromatic rings. The first-order valence-corrected chi connectivity index (χ1v) is 22.2. The standard InChI is InChI=1S/C45H54N2O8S2/c1-32(2)39-29-45(23-25-47(26-24-45)57(52,53)36-19-17-35(18-20-36)44(3,4)5)41(27-33-13-9-7-10-14-33)55-43(39)38-28-37(21-22-40(38)54-31-42(48)49)56(50,51)46(6)30-34-15-11-8-12-16-34/h7-22,28,39,41,43H,1,23-27,29-31H2,2-6H3,(H,48,49)/t39-,41+,43-/m0/s1. The molecule has 0 bridgehead atoms. The van der Waals surface area contributed by atoms with Crippen molar-refractivity contribution in [2.75, 3.05) is 26.7 Å². The van der Waals surface area contributed by atoms with E-state index in [-0.39, 0.29) is 33.4 Å². The van der Waals surface area contributed by atoms with Crippen LogP contribution in [0.15, 0.2) is 125 Å². The zero-order chi connectivity index (χ0) is 41.2. The van der Waals surface area contributed by atoms with Gasteiger partial charge in [0.1, 0.15) is 5.75 Å². The molecule has 1 spiro atoms. The molecule has 2 aliphatic heterocycles. The third-order valence-corrected chi connectivity index (χ3v) is 15.3. The highest BCUT2D eigenvalue weighted by atomic mass is 32.2. The zero-order valence-electron chi connectivity index (χ0n) is 33.4. The molecule has 0 aliphatic carbocycles. The second kappa shape index (κ2) is 16.9. The number of benzene rings is 4. The lowest BCUT2D eigenvalue weighted by Crippen LogP contribution is -2.53. The molecule has 2 heterocycles. The first kappa shape index (κ1) is 42.3. The fourth-order valence-electron chi connectivity index (χ4n) is 8.17. The van der Waals surface area contributed by atoms with Gasteiger partial charge in [-0.25, -0.2) is 21.6 Å². The number of hydrogen-bond donors (Lipinski definition) is 1. The van der Waals surface area contributed by atoms with E-state index in [2.05, 4.69) is 27.4 Å². The minimum absolute atomic E-state index is 0.0246. The molecule has 0 aromatic heterocycles. The molecule has 2 fully saturated rings. The molecule has 0 amide bonds. The zero-order valence-corrected chi connectivity index (χ0v) is 35.1. The molecule has 2 saturated heterocycles. The second-order valence-electron chi connectivity index (χ2n) is 16.6. The number of rotatable bonds is 13. The molecule has 3 atom stereocenters. The number of piperidine rings is 1. The van der Waals surface area contributed by atoms with Gasteiger partial charge in [-0.15, -0.1) is 0 Å². The lowest BCUT2D eigenvalue weighted by atomic mass is 9.63. The molecule has 0 unspecified atom stereocenters. The third kappa shape index (κ3) is 9.37. The van der Waals surface area contributed by atoms with Crippen LogP contribution < -0.4 is 4.74 Å². The van der Waals surface area contributed by atoms with Crippen LogP contribution in [0, 0.1) is 11.3 Å². The van der Waals surface area contributed by atoms with E-state index in [0.717, 1.165) is 22.3 Å². The van der Waals surface area contributed by atoms with Crippen LogP contribution in [0.5, 0.6) is 5.75 Å². The highest BCUT2D eigenvalue weighted by Crippen LogP contribution is 2.55. The molecular formula is C45H54N2O8S2. The van der Waals surface area contributed by atoms with E-state index in [1.54, 1.807) is 22.5 Å². The van der Waals surface area contributed by atoms with E-state index in [0.29, 0.717) is 44.3 Å². The lowest BCUT2D eigenvalue weighted by molar-refractivity contribution is -0.166. The Hall–Kier alpha value is -4.33. The maximum Gasteiger partial charge on any atom is 0.341 e. The maximum atomic E-state index is 14.1. The largest absolute Gasteiger partial charge is 0.482 e. The van der Waals surface area contributed by atoms with Crippen LogP contribution in [0.1, 0.15) is 75.3 Å². The molecule has 10 nitrogen and oxygen atoms in total. The minimum Gasteiger partial charge on any atom is -0.482 e. The summed E-state index contributed by atoms with van der Waals surface area (Å²) in [6.45, 7) is 12.7. The Labute approximate surface area is 338 Å². The van der Waals surface area contributed by atoms with E-state index in [9.17, 15) is 26.7 Å². The monoisotopic (exact) mass is 814 g/mol. The molecule has 0 radical (unpaired) electrons. The molecule has 57 heavy (non-hydrogen) atoms. The second-order valence-corrected chi connectivity index (χ2v) is 20.5. The summed E-state index contributed by atoms with van der Waals surface area (Å²) < 4.78 is 72.0. The van der Waals surface area contributed by atoms with Crippen molar-refractivity contribution in [1.29, 1.82) is 0 Å². The first-order chi connectivity index (χ1) is 26.9. The van der Waals surface area contributed by atoms with Crippen LogP contribution in [0.25, 0.3) is 0 Å². The minimum atomic E-state index is -4.01. The number of carboxylic acid groups (broad SMARTS) is 1. The van der Waals surface area contributed by atoms with Crippen molar-refractivity contribution in [3.05, 3.63) is 138 Å². The summed E-state index contributed by atoms with van der Waals surface area (Å²) in [6.07, 6.45) is 1.09. The van der Waals surface area contributed by atoms with Crippen LogP contribution >= 0.6 is 0 Å². The van der Waals surface area contributed by atoms with E-state index < -0.39 is 50.2 Å². The van der Waals surface area contributed by atoms with Gasteiger partial charge < -0.3 is 14.6 Å². The number of nitrogens with zero attached hydrogens (tertiary/aromatic N) is 2. The van der Waals surface area contributed by atoms with Gasteiger partial charge in [0, 0.05) is 43.6 Å². The van der Waals surface area contributed by atoms with Crippen molar-refractivity contribution in [2.24, 2.45) is 11.3 Å². The molecule has 2 aliphatic rings. The molecular weight excluding hydrogens is 761 g/mol. The van der Waals surface area contributed by atoms with Gasteiger partial charge in [0.25, 0.3) is 0 Å². The van der Waals surface area contributed by atoms with E-state index in [1.165, 1.54) is 23.5 Å². The lowest BCUT2D eigenvalue weighted by Gasteiger charge is -2.53. The van der Waals surface area contributed by atoms with Gasteiger partial charge in [0.15, 0.2) is 6.61 Å². The van der Waals surface area contributed by atoms with Gasteiger partial charge in [0.05, 0.1) is 22.0 Å². The Morgan fingerprint density at radius 3 is 2.04 bits per heavy atom. The number of carbonyl (C=O) groups is 1. The van der Waals surface area contributed by atoms with Crippen LogP contribution in [-0.2, 0) is 48.0 Å². The molecule has 304 valence electrons. The number of aliphatic carboxylic acids is 1. The quantitative estimate of drug-likeness (QED) is 0.135. The predicted octanol–water partition coefficient (Wildman–Crippen LogP) is 8.00. The Morgan fingerprint density at radius 1 is 0.895 bits per heavy atom. The number of carboxylic acids is 1. The summed E-state index contributed by atoms with van der Waals surface area (Å²) in [5, 5.41) is 9.56. The first-order valence-electron chi connectivity index (χ1n) is 19.3. The van der Waals surface area contributed by atoms with Crippen LogP contribution in [0.4, 0.5) is 0 Å². The van der Waals surface area contributed by atoms with Crippen LogP contribution in [0.2, 0.25) is 0 Å². The normalized spacial score (nSPS) is 20.4. The van der Waals surface area contributed by atoms with Gasteiger partial charge in [-0.2, -0.15) is 8.61 Å². The topological polar surface area (TPSA) is 131 Å². The Balaban J connectivity index is 1.35. The highest BCUT2D eigenvalue weighted by molar-refractivity contribution is 7.89. The average molecular weight is 815 g/mol. The van der Waals surface area contributed by atoms with Gasteiger partial charge in [0.2, 0.25) is 20.0 Å². The summed E-state index contributed by atoms with van der Waals surface area (Å²) in [4.78, 5) is 12.0. The van der Waals surface area contributed by atoms with E-state index in [4.69, 9.17) is 9.47 Å². The Kier molecular flexibility index (Phi) is 12.5. The molecule has 6 rings (SSSR count). The smallest absolute Gasteiger partial charge is 0.341 e. The predicted molar refractivity (Wildman–Crippen MR) is 221 cm³/mol. The van der Waals surface area contributed by atoms with Gasteiger partial charge in [-0.05, 0) is 85.0 Å². The molecule has 4 aromatic carbocycles. The Bertz CT molecular complexity index is 2270. The van der Waals surface area contributed by atoms with Crippen molar-refractivity contribution < 1.29 is 36.2 Å². The molecule has 1 N–H and O–H groups in total. The highest BCUT2D eigenvalue weighted by Gasteiger charge is 2.52. The van der Waals surface area contributed by atoms with E-state index >= 15 is 0 Å². The number of ether oxygens (including phenoxy) is 2. The summed E-state index contributed by atoms with van der Waals surface area (Å²) in [7, 11) is -6.23. The maximum absolute atomic E-state index is 14.1. The summed E-state index contributed by atoms with van der Waals surface area (Å²) in [5.41, 5.74) is 3.61. The Morgan fingerprint density at radius 2 is 1.47 bits per heavy atom. The summed E-state index contributed by atoms with van der Waals surface area (Å²) in [5.74, 6) is -1.28. The third-order valence-electron chi connectivity index (χ3n) is 11.6. The van der Waals surface area contributed by atoms with Gasteiger partial charge in [-0.3, -0.25) is 0 Å². The SMILES string of the molecule is C=C(C)[C@@H]1CC2(CCN(S(=O)(=O)c3ccc(C(C)(C)C)cc3)CC2)[C@@H](Cc2ccccc2)O[C@H]1c1cc(S(=O)(=O)N(C)Cc2ccccc2)ccc1OCC(=O)O. The van der Waals surface area contributed by atoms with Gasteiger partial charge >= 0.3 is 5.97 Å². The summed E-state index contributed by atoms with van der Waals surface area (Å²) in [6, 6.07) is 30.9. The van der Waals surface area contributed by atoms with Crippen molar-refractivity contribution in [3.63, 3.8) is 0 Å². The number of sulfonamides is 2.